The molecule has 1 atom stereocenters. The second-order valence-electron chi connectivity index (χ2n) is 6.57. The molecule has 0 saturated carbocycles. The maximum atomic E-state index is 12.3. The van der Waals surface area contributed by atoms with E-state index in [1.807, 2.05) is 36.4 Å². The molecule has 1 fully saturated rings. The van der Waals surface area contributed by atoms with Crippen molar-refractivity contribution in [1.29, 1.82) is 0 Å². The van der Waals surface area contributed by atoms with Crippen LogP contribution in [0.25, 0.3) is 0 Å². The molecule has 2 aromatic carbocycles. The van der Waals surface area contributed by atoms with Gasteiger partial charge in [-0.2, -0.15) is 0 Å². The van der Waals surface area contributed by atoms with Gasteiger partial charge in [0.2, 0.25) is 0 Å². The van der Waals surface area contributed by atoms with Gasteiger partial charge in [0.05, 0.1) is 0 Å². The summed E-state index contributed by atoms with van der Waals surface area (Å²) in [7, 11) is 0. The van der Waals surface area contributed by atoms with E-state index >= 15 is 0 Å². The summed E-state index contributed by atoms with van der Waals surface area (Å²) in [5.41, 5.74) is 4.18. The van der Waals surface area contributed by atoms with E-state index in [1.54, 1.807) is 0 Å². The molecule has 1 saturated heterocycles. The number of hydrogen-bond donors (Lipinski definition) is 2. The number of aryl methyl sites for hydroxylation is 1. The van der Waals surface area contributed by atoms with Crippen LogP contribution >= 0.6 is 0 Å². The molecule has 1 aliphatic rings. The third-order valence-corrected chi connectivity index (χ3v) is 4.69. The lowest BCUT2D eigenvalue weighted by molar-refractivity contribution is 0.102. The van der Waals surface area contributed by atoms with Crippen LogP contribution in [0, 0.1) is 0 Å². The van der Waals surface area contributed by atoms with Gasteiger partial charge in [0.25, 0.3) is 5.91 Å². The lowest BCUT2D eigenvalue weighted by atomic mass is 9.91. The molecule has 2 aromatic rings. The average Bonchev–Trinajstić information content (AvgIpc) is 2.64. The molecule has 1 aliphatic heterocycles. The zero-order valence-corrected chi connectivity index (χ0v) is 14.3. The number of hydrogen-bond acceptors (Lipinski definition) is 2. The highest BCUT2D eigenvalue weighted by Crippen LogP contribution is 2.24. The first kappa shape index (κ1) is 16.7. The van der Waals surface area contributed by atoms with Crippen molar-refractivity contribution in [3.63, 3.8) is 0 Å². The Morgan fingerprint density at radius 3 is 2.50 bits per heavy atom. The largest absolute Gasteiger partial charge is 0.322 e. The van der Waals surface area contributed by atoms with Gasteiger partial charge < -0.3 is 10.6 Å². The van der Waals surface area contributed by atoms with Gasteiger partial charge in [-0.15, -0.1) is 0 Å². The Morgan fingerprint density at radius 2 is 1.88 bits per heavy atom. The maximum absolute atomic E-state index is 12.3. The molecule has 0 aromatic heterocycles. The number of piperidine rings is 1. The molecule has 3 nitrogen and oxygen atoms in total. The van der Waals surface area contributed by atoms with Crippen LogP contribution in [0.5, 0.6) is 0 Å². The summed E-state index contributed by atoms with van der Waals surface area (Å²) in [6.07, 6.45) is 4.65. The lowest BCUT2D eigenvalue weighted by Gasteiger charge is -2.23. The van der Waals surface area contributed by atoms with Crippen molar-refractivity contribution in [2.45, 2.75) is 38.5 Å². The molecule has 24 heavy (non-hydrogen) atoms. The minimum atomic E-state index is -0.0508. The van der Waals surface area contributed by atoms with Gasteiger partial charge in [-0.3, -0.25) is 4.79 Å². The van der Waals surface area contributed by atoms with Crippen molar-refractivity contribution in [3.05, 3.63) is 65.2 Å². The smallest absolute Gasteiger partial charge is 0.255 e. The molecule has 1 heterocycles. The summed E-state index contributed by atoms with van der Waals surface area (Å²) in [4.78, 5) is 12.3. The highest BCUT2D eigenvalue weighted by Gasteiger charge is 2.15. The van der Waals surface area contributed by atoms with Gasteiger partial charge in [0.1, 0.15) is 0 Å². The molecule has 3 rings (SSSR count). The third-order valence-electron chi connectivity index (χ3n) is 4.69. The molecule has 0 aliphatic carbocycles. The number of carbonyl (C=O) groups excluding carboxylic acids is 1. The van der Waals surface area contributed by atoms with Crippen LogP contribution in [0.4, 0.5) is 5.69 Å². The van der Waals surface area contributed by atoms with Gasteiger partial charge >= 0.3 is 0 Å². The molecule has 0 radical (unpaired) electrons. The predicted octanol–water partition coefficient (Wildman–Crippen LogP) is 4.36. The normalized spacial score (nSPS) is 17.5. The van der Waals surface area contributed by atoms with Crippen LogP contribution in [0.15, 0.2) is 48.5 Å². The van der Waals surface area contributed by atoms with Crippen LogP contribution in [0.1, 0.15) is 53.6 Å². The fourth-order valence-electron chi connectivity index (χ4n) is 3.29. The van der Waals surface area contributed by atoms with E-state index < -0.39 is 0 Å². The van der Waals surface area contributed by atoms with E-state index in [9.17, 15) is 4.79 Å². The number of carbonyl (C=O) groups is 1. The number of amides is 1. The standard InChI is InChI=1S/C21H26N2O/c1-2-4-16-6-8-18(9-7-16)21(24)23-20-12-10-17(11-13-20)19-5-3-14-22-15-19/h6-13,19,22H,2-5,14-15H2,1H3,(H,23,24)/t19-/m0/s1. The van der Waals surface area contributed by atoms with Crippen molar-refractivity contribution < 1.29 is 4.79 Å². The van der Waals surface area contributed by atoms with Crippen LogP contribution in [-0.4, -0.2) is 19.0 Å². The van der Waals surface area contributed by atoms with Crippen molar-refractivity contribution in [3.8, 4) is 0 Å². The Morgan fingerprint density at radius 1 is 1.12 bits per heavy atom. The van der Waals surface area contributed by atoms with E-state index in [1.165, 1.54) is 24.0 Å². The van der Waals surface area contributed by atoms with Crippen LogP contribution in [-0.2, 0) is 6.42 Å². The van der Waals surface area contributed by atoms with Crippen molar-refractivity contribution in [2.24, 2.45) is 0 Å². The SMILES string of the molecule is CCCc1ccc(C(=O)Nc2ccc([C@H]3CCCNC3)cc2)cc1. The highest BCUT2D eigenvalue weighted by atomic mass is 16.1. The fraction of sp³-hybridized carbons (Fsp3) is 0.381. The number of nitrogens with one attached hydrogen (secondary N) is 2. The van der Waals surface area contributed by atoms with E-state index in [-0.39, 0.29) is 5.91 Å². The van der Waals surface area contributed by atoms with Gasteiger partial charge in [-0.05, 0) is 67.1 Å². The van der Waals surface area contributed by atoms with Crippen LogP contribution in [0.2, 0.25) is 0 Å². The van der Waals surface area contributed by atoms with E-state index in [0.29, 0.717) is 11.5 Å². The Bertz CT molecular complexity index is 655. The molecule has 0 spiro atoms. The Balaban J connectivity index is 1.61. The zero-order valence-electron chi connectivity index (χ0n) is 14.3. The van der Waals surface area contributed by atoms with Gasteiger partial charge in [-0.1, -0.05) is 37.6 Å². The fourth-order valence-corrected chi connectivity index (χ4v) is 3.29. The summed E-state index contributed by atoms with van der Waals surface area (Å²) in [6, 6.07) is 16.2. The van der Waals surface area contributed by atoms with E-state index in [0.717, 1.165) is 31.6 Å². The van der Waals surface area contributed by atoms with Gasteiger partial charge in [-0.25, -0.2) is 0 Å². The van der Waals surface area contributed by atoms with Crippen molar-refractivity contribution in [2.75, 3.05) is 18.4 Å². The maximum Gasteiger partial charge on any atom is 0.255 e. The second-order valence-corrected chi connectivity index (χ2v) is 6.57. The monoisotopic (exact) mass is 322 g/mol. The molecule has 0 unspecified atom stereocenters. The Kier molecular flexibility index (Phi) is 5.65. The lowest BCUT2D eigenvalue weighted by Crippen LogP contribution is -2.28. The first-order valence-corrected chi connectivity index (χ1v) is 8.97. The number of rotatable bonds is 5. The molecule has 0 bridgehead atoms. The predicted molar refractivity (Wildman–Crippen MR) is 99.7 cm³/mol. The minimum Gasteiger partial charge on any atom is -0.322 e. The van der Waals surface area contributed by atoms with Crippen molar-refractivity contribution >= 4 is 11.6 Å². The second kappa shape index (κ2) is 8.11. The summed E-state index contributed by atoms with van der Waals surface area (Å²) in [6.45, 7) is 4.34. The van der Waals surface area contributed by atoms with Crippen LogP contribution in [0.3, 0.4) is 0 Å². The summed E-state index contributed by atoms with van der Waals surface area (Å²) in [5.74, 6) is 0.541. The molecule has 2 N–H and O–H groups in total. The molecule has 3 heteroatoms. The quantitative estimate of drug-likeness (QED) is 0.859. The molecule has 126 valence electrons. The molecular weight excluding hydrogens is 296 g/mol. The Labute approximate surface area is 144 Å². The van der Waals surface area contributed by atoms with Crippen molar-refractivity contribution in [1.82, 2.24) is 5.32 Å². The molecule has 1 amide bonds. The third kappa shape index (κ3) is 4.24. The van der Waals surface area contributed by atoms with Gasteiger partial charge in [0.15, 0.2) is 0 Å². The number of anilines is 1. The first-order valence-electron chi connectivity index (χ1n) is 8.97. The van der Waals surface area contributed by atoms with Crippen LogP contribution < -0.4 is 10.6 Å². The van der Waals surface area contributed by atoms with E-state index in [2.05, 4.69) is 29.7 Å². The zero-order chi connectivity index (χ0) is 16.8. The van der Waals surface area contributed by atoms with Gasteiger partial charge in [0, 0.05) is 17.8 Å². The number of benzene rings is 2. The minimum absolute atomic E-state index is 0.0508. The average molecular weight is 322 g/mol. The summed E-state index contributed by atoms with van der Waals surface area (Å²) >= 11 is 0. The first-order chi connectivity index (χ1) is 11.8. The summed E-state index contributed by atoms with van der Waals surface area (Å²) < 4.78 is 0. The van der Waals surface area contributed by atoms with E-state index in [4.69, 9.17) is 0 Å². The topological polar surface area (TPSA) is 41.1 Å². The molecular formula is C21H26N2O. The Hall–Kier alpha value is -2.13. The highest BCUT2D eigenvalue weighted by molar-refractivity contribution is 6.04. The summed E-state index contributed by atoms with van der Waals surface area (Å²) in [5, 5.41) is 6.43.